The number of halogens is 1. The topological polar surface area (TPSA) is 84.5 Å². The fourth-order valence-corrected chi connectivity index (χ4v) is 2.98. The molecule has 0 fully saturated rings. The first-order chi connectivity index (χ1) is 11.8. The van der Waals surface area contributed by atoms with Crippen molar-refractivity contribution in [2.24, 2.45) is 0 Å². The van der Waals surface area contributed by atoms with Gasteiger partial charge in [0.05, 0.1) is 18.0 Å². The van der Waals surface area contributed by atoms with Crippen LogP contribution in [0.15, 0.2) is 47.4 Å². The number of amides is 1. The Labute approximate surface area is 146 Å². The van der Waals surface area contributed by atoms with Crippen molar-refractivity contribution in [1.82, 2.24) is 4.72 Å². The Balaban J connectivity index is 1.96. The Morgan fingerprint density at radius 2 is 1.84 bits per heavy atom. The number of anilines is 1. The second kappa shape index (κ2) is 8.09. The predicted molar refractivity (Wildman–Crippen MR) is 92.6 cm³/mol. The molecule has 0 aliphatic carbocycles. The van der Waals surface area contributed by atoms with Gasteiger partial charge in [0.25, 0.3) is 0 Å². The van der Waals surface area contributed by atoms with E-state index in [9.17, 15) is 17.6 Å². The van der Waals surface area contributed by atoms with Crippen LogP contribution in [0.25, 0.3) is 0 Å². The summed E-state index contributed by atoms with van der Waals surface area (Å²) in [6.07, 6.45) is 0. The largest absolute Gasteiger partial charge is 0.494 e. The van der Waals surface area contributed by atoms with Crippen LogP contribution in [0.2, 0.25) is 0 Å². The van der Waals surface area contributed by atoms with Crippen LogP contribution in [0.3, 0.4) is 0 Å². The lowest BCUT2D eigenvalue weighted by molar-refractivity contribution is -0.115. The normalized spacial score (nSPS) is 11.2. The zero-order valence-corrected chi connectivity index (χ0v) is 14.7. The van der Waals surface area contributed by atoms with E-state index >= 15 is 0 Å². The molecule has 0 aliphatic rings. The molecular formula is C17H19FN2O4S. The summed E-state index contributed by atoms with van der Waals surface area (Å²) in [5.74, 6) is -0.494. The van der Waals surface area contributed by atoms with Gasteiger partial charge in [-0.2, -0.15) is 0 Å². The summed E-state index contributed by atoms with van der Waals surface area (Å²) in [6.45, 7) is 3.44. The summed E-state index contributed by atoms with van der Waals surface area (Å²) in [5.41, 5.74) is 0.711. The Hall–Kier alpha value is -2.45. The molecule has 25 heavy (non-hydrogen) atoms. The smallest absolute Gasteiger partial charge is 0.241 e. The summed E-state index contributed by atoms with van der Waals surface area (Å²) >= 11 is 0. The van der Waals surface area contributed by atoms with Crippen LogP contribution < -0.4 is 14.8 Å². The first-order valence-electron chi connectivity index (χ1n) is 7.60. The summed E-state index contributed by atoms with van der Waals surface area (Å²) in [6, 6.07) is 10.1. The molecule has 0 saturated carbocycles. The van der Waals surface area contributed by atoms with E-state index in [0.717, 1.165) is 0 Å². The van der Waals surface area contributed by atoms with Gasteiger partial charge in [0.15, 0.2) is 0 Å². The Bertz CT molecular complexity index is 851. The number of ether oxygens (including phenoxy) is 1. The third-order valence-electron chi connectivity index (χ3n) is 3.32. The van der Waals surface area contributed by atoms with E-state index < -0.39 is 28.3 Å². The highest BCUT2D eigenvalue weighted by Crippen LogP contribution is 2.16. The van der Waals surface area contributed by atoms with Gasteiger partial charge in [0, 0.05) is 5.69 Å². The summed E-state index contributed by atoms with van der Waals surface area (Å²) in [4.78, 5) is 11.9. The van der Waals surface area contributed by atoms with E-state index in [1.807, 2.05) is 6.92 Å². The van der Waals surface area contributed by atoms with Crippen molar-refractivity contribution in [2.45, 2.75) is 18.7 Å². The molecule has 2 rings (SSSR count). The van der Waals surface area contributed by atoms with Gasteiger partial charge in [-0.05, 0) is 55.8 Å². The van der Waals surface area contributed by atoms with E-state index in [-0.39, 0.29) is 10.6 Å². The highest BCUT2D eigenvalue weighted by Gasteiger charge is 2.16. The first-order valence-corrected chi connectivity index (χ1v) is 9.08. The van der Waals surface area contributed by atoms with Crippen LogP contribution in [-0.4, -0.2) is 27.5 Å². The lowest BCUT2D eigenvalue weighted by atomic mass is 10.2. The van der Waals surface area contributed by atoms with Gasteiger partial charge in [-0.15, -0.1) is 0 Å². The molecule has 134 valence electrons. The fourth-order valence-electron chi connectivity index (χ4n) is 2.00. The molecule has 8 heteroatoms. The monoisotopic (exact) mass is 366 g/mol. The molecule has 0 atom stereocenters. The van der Waals surface area contributed by atoms with Crippen LogP contribution >= 0.6 is 0 Å². The highest BCUT2D eigenvalue weighted by molar-refractivity contribution is 7.89. The number of nitrogens with one attached hydrogen (secondary N) is 2. The Kier molecular flexibility index (Phi) is 6.11. The number of hydrogen-bond donors (Lipinski definition) is 2. The number of aryl methyl sites for hydroxylation is 1. The molecule has 2 N–H and O–H groups in total. The molecular weight excluding hydrogens is 347 g/mol. The van der Waals surface area contributed by atoms with Crippen LogP contribution in [0, 0.1) is 12.7 Å². The summed E-state index contributed by atoms with van der Waals surface area (Å²) < 4.78 is 45.2. The quantitative estimate of drug-likeness (QED) is 0.788. The summed E-state index contributed by atoms with van der Waals surface area (Å²) in [5, 5.41) is 2.43. The predicted octanol–water partition coefficient (Wildman–Crippen LogP) is 2.45. The number of sulfonamides is 1. The lowest BCUT2D eigenvalue weighted by Crippen LogP contribution is -2.32. The minimum Gasteiger partial charge on any atom is -0.494 e. The van der Waals surface area contributed by atoms with Crippen molar-refractivity contribution in [1.29, 1.82) is 0 Å². The molecule has 0 aliphatic heterocycles. The van der Waals surface area contributed by atoms with Gasteiger partial charge in [0.1, 0.15) is 11.6 Å². The van der Waals surface area contributed by atoms with Gasteiger partial charge in [-0.3, -0.25) is 4.79 Å². The highest BCUT2D eigenvalue weighted by atomic mass is 32.2. The number of benzene rings is 2. The molecule has 0 bridgehead atoms. The molecule has 0 spiro atoms. The minimum atomic E-state index is -3.83. The third-order valence-corrected chi connectivity index (χ3v) is 4.74. The maximum absolute atomic E-state index is 13.4. The minimum absolute atomic E-state index is 0.0186. The van der Waals surface area contributed by atoms with E-state index in [2.05, 4.69) is 10.0 Å². The second-order valence-corrected chi connectivity index (χ2v) is 7.01. The van der Waals surface area contributed by atoms with Crippen molar-refractivity contribution < 1.29 is 22.3 Å². The van der Waals surface area contributed by atoms with E-state index in [1.54, 1.807) is 6.92 Å². The molecule has 6 nitrogen and oxygen atoms in total. The number of hydrogen-bond acceptors (Lipinski definition) is 4. The van der Waals surface area contributed by atoms with Crippen LogP contribution in [0.1, 0.15) is 12.5 Å². The van der Waals surface area contributed by atoms with Gasteiger partial charge in [0.2, 0.25) is 15.9 Å². The Morgan fingerprint density at radius 3 is 2.44 bits per heavy atom. The maximum atomic E-state index is 13.4. The average molecular weight is 366 g/mol. The summed E-state index contributed by atoms with van der Waals surface area (Å²) in [7, 11) is -3.83. The molecule has 2 aromatic carbocycles. The third kappa shape index (κ3) is 5.27. The average Bonchev–Trinajstić information content (AvgIpc) is 2.57. The number of rotatable bonds is 7. The SMILES string of the molecule is CCOc1ccc(S(=O)(=O)NCC(=O)Nc2ccc(C)c(F)c2)cc1. The fraction of sp³-hybridized carbons (Fsp3) is 0.235. The zero-order chi connectivity index (χ0) is 18.4. The van der Waals surface area contributed by atoms with Crippen molar-refractivity contribution >= 4 is 21.6 Å². The molecule has 0 radical (unpaired) electrons. The standard InChI is InChI=1S/C17H19FN2O4S/c1-3-24-14-6-8-15(9-7-14)25(22,23)19-11-17(21)20-13-5-4-12(2)16(18)10-13/h4-10,19H,3,11H2,1-2H3,(H,20,21). The van der Waals surface area contributed by atoms with Crippen LogP contribution in [0.4, 0.5) is 10.1 Å². The molecule has 0 unspecified atom stereocenters. The van der Waals surface area contributed by atoms with Crippen molar-refractivity contribution in [2.75, 3.05) is 18.5 Å². The van der Waals surface area contributed by atoms with E-state index in [1.165, 1.54) is 42.5 Å². The van der Waals surface area contributed by atoms with Crippen molar-refractivity contribution in [3.63, 3.8) is 0 Å². The number of carbonyl (C=O) groups is 1. The first kappa shape index (κ1) is 18.9. The van der Waals surface area contributed by atoms with Crippen molar-refractivity contribution in [3.05, 3.63) is 53.8 Å². The van der Waals surface area contributed by atoms with Crippen molar-refractivity contribution in [3.8, 4) is 5.75 Å². The molecule has 2 aromatic rings. The van der Waals surface area contributed by atoms with E-state index in [4.69, 9.17) is 4.74 Å². The number of carbonyl (C=O) groups excluding carboxylic acids is 1. The van der Waals surface area contributed by atoms with Gasteiger partial charge in [-0.1, -0.05) is 6.07 Å². The van der Waals surface area contributed by atoms with Crippen LogP contribution in [0.5, 0.6) is 5.75 Å². The van der Waals surface area contributed by atoms with E-state index in [0.29, 0.717) is 17.9 Å². The van der Waals surface area contributed by atoms with Gasteiger partial charge < -0.3 is 10.1 Å². The second-order valence-electron chi connectivity index (χ2n) is 5.24. The molecule has 0 heterocycles. The molecule has 0 saturated heterocycles. The lowest BCUT2D eigenvalue weighted by Gasteiger charge is -2.09. The maximum Gasteiger partial charge on any atom is 0.241 e. The van der Waals surface area contributed by atoms with Gasteiger partial charge >= 0.3 is 0 Å². The Morgan fingerprint density at radius 1 is 1.16 bits per heavy atom. The van der Waals surface area contributed by atoms with Crippen LogP contribution in [-0.2, 0) is 14.8 Å². The van der Waals surface area contributed by atoms with Gasteiger partial charge in [-0.25, -0.2) is 17.5 Å². The molecule has 0 aromatic heterocycles. The zero-order valence-electron chi connectivity index (χ0n) is 13.9. The molecule has 1 amide bonds.